The molecule has 3 aromatic rings. The lowest BCUT2D eigenvalue weighted by Crippen LogP contribution is -2.31. The van der Waals surface area contributed by atoms with Crippen molar-refractivity contribution in [2.45, 2.75) is 13.0 Å². The van der Waals surface area contributed by atoms with Crippen molar-refractivity contribution in [3.8, 4) is 5.75 Å². The van der Waals surface area contributed by atoms with Crippen LogP contribution in [-0.2, 0) is 6.54 Å². The van der Waals surface area contributed by atoms with Gasteiger partial charge < -0.3 is 19.5 Å². The van der Waals surface area contributed by atoms with Gasteiger partial charge in [-0.3, -0.25) is 9.69 Å². The first kappa shape index (κ1) is 19.4. The summed E-state index contributed by atoms with van der Waals surface area (Å²) in [6.07, 6.45) is 0.819. The van der Waals surface area contributed by atoms with Crippen LogP contribution < -0.4 is 10.2 Å². The minimum atomic E-state index is 0.0120. The topological polar surface area (TPSA) is 74.9 Å². The number of nitrogens with zero attached hydrogens (tertiary/aromatic N) is 2. The standard InChI is InChI=1S/C21H26N2O4/c1-27-19-9-4-7-17-20(19)23(11-5-10-22(12-14-24)13-15-25)18-8-3-2-6-16(18)21(17)26/h2-4,6-9,24-25H,5,10-15H2,1H3. The van der Waals surface area contributed by atoms with E-state index in [4.69, 9.17) is 4.74 Å². The zero-order chi connectivity index (χ0) is 19.2. The Balaban J connectivity index is 2.04. The molecule has 0 aliphatic rings. The number of fused-ring (bicyclic) bond motifs is 2. The van der Waals surface area contributed by atoms with Crippen LogP contribution in [0.25, 0.3) is 21.8 Å². The van der Waals surface area contributed by atoms with Crippen LogP contribution in [0, 0.1) is 0 Å². The molecule has 0 amide bonds. The highest BCUT2D eigenvalue weighted by atomic mass is 16.5. The van der Waals surface area contributed by atoms with E-state index in [9.17, 15) is 15.0 Å². The van der Waals surface area contributed by atoms with Crippen molar-refractivity contribution in [2.24, 2.45) is 0 Å². The molecule has 0 radical (unpaired) electrons. The van der Waals surface area contributed by atoms with Crippen molar-refractivity contribution in [1.29, 1.82) is 0 Å². The number of hydrogen-bond donors (Lipinski definition) is 2. The zero-order valence-corrected chi connectivity index (χ0v) is 15.6. The predicted molar refractivity (Wildman–Crippen MR) is 107 cm³/mol. The van der Waals surface area contributed by atoms with E-state index < -0.39 is 0 Å². The molecule has 0 saturated heterocycles. The lowest BCUT2D eigenvalue weighted by atomic mass is 10.1. The molecule has 1 heterocycles. The zero-order valence-electron chi connectivity index (χ0n) is 15.6. The molecule has 0 unspecified atom stereocenters. The van der Waals surface area contributed by atoms with Crippen LogP contribution >= 0.6 is 0 Å². The van der Waals surface area contributed by atoms with Gasteiger partial charge in [0.25, 0.3) is 0 Å². The smallest absolute Gasteiger partial charge is 0.197 e. The maximum atomic E-state index is 12.9. The van der Waals surface area contributed by atoms with Crippen LogP contribution in [0.4, 0.5) is 0 Å². The van der Waals surface area contributed by atoms with Gasteiger partial charge in [-0.1, -0.05) is 18.2 Å². The summed E-state index contributed by atoms with van der Waals surface area (Å²) in [6, 6.07) is 13.2. The van der Waals surface area contributed by atoms with Gasteiger partial charge in [-0.2, -0.15) is 0 Å². The van der Waals surface area contributed by atoms with Crippen molar-refractivity contribution < 1.29 is 14.9 Å². The minimum absolute atomic E-state index is 0.0120. The number of aromatic nitrogens is 1. The second-order valence-electron chi connectivity index (χ2n) is 6.50. The number of hydrogen-bond acceptors (Lipinski definition) is 5. The van der Waals surface area contributed by atoms with Crippen LogP contribution in [-0.4, -0.2) is 59.6 Å². The number of aryl methyl sites for hydroxylation is 1. The second kappa shape index (κ2) is 8.99. The highest BCUT2D eigenvalue weighted by molar-refractivity contribution is 5.96. The first-order valence-corrected chi connectivity index (χ1v) is 9.23. The third kappa shape index (κ3) is 3.98. The molecular weight excluding hydrogens is 344 g/mol. The van der Waals surface area contributed by atoms with Gasteiger partial charge in [0.1, 0.15) is 5.75 Å². The van der Waals surface area contributed by atoms with Crippen molar-refractivity contribution in [3.63, 3.8) is 0 Å². The average Bonchev–Trinajstić information content (AvgIpc) is 2.70. The number of aliphatic hydroxyl groups excluding tert-OH is 2. The summed E-state index contributed by atoms with van der Waals surface area (Å²) < 4.78 is 7.68. The van der Waals surface area contributed by atoms with E-state index in [1.54, 1.807) is 7.11 Å². The van der Waals surface area contributed by atoms with Crippen LogP contribution in [0.15, 0.2) is 47.3 Å². The molecular formula is C21H26N2O4. The molecule has 3 rings (SSSR count). The molecule has 0 atom stereocenters. The molecule has 6 heteroatoms. The molecule has 1 aromatic heterocycles. The van der Waals surface area contributed by atoms with Gasteiger partial charge in [0.05, 0.1) is 36.7 Å². The molecule has 0 aliphatic carbocycles. The second-order valence-corrected chi connectivity index (χ2v) is 6.50. The molecule has 0 aliphatic heterocycles. The summed E-state index contributed by atoms with van der Waals surface area (Å²) in [6.45, 7) is 2.66. The molecule has 6 nitrogen and oxygen atoms in total. The van der Waals surface area contributed by atoms with Crippen LogP contribution in [0.2, 0.25) is 0 Å². The Hall–Kier alpha value is -2.41. The predicted octanol–water partition coefficient (Wildman–Crippen LogP) is 1.84. The van der Waals surface area contributed by atoms with Crippen molar-refractivity contribution in [1.82, 2.24) is 9.47 Å². The number of rotatable bonds is 9. The van der Waals surface area contributed by atoms with Crippen LogP contribution in [0.5, 0.6) is 5.75 Å². The Morgan fingerprint density at radius 1 is 0.963 bits per heavy atom. The van der Waals surface area contributed by atoms with Gasteiger partial charge in [0, 0.05) is 31.6 Å². The average molecular weight is 370 g/mol. The third-order valence-corrected chi connectivity index (χ3v) is 4.86. The summed E-state index contributed by atoms with van der Waals surface area (Å²) >= 11 is 0. The van der Waals surface area contributed by atoms with Crippen molar-refractivity contribution in [3.05, 3.63) is 52.7 Å². The maximum Gasteiger partial charge on any atom is 0.197 e. The lowest BCUT2D eigenvalue weighted by Gasteiger charge is -2.22. The Morgan fingerprint density at radius 3 is 2.37 bits per heavy atom. The van der Waals surface area contributed by atoms with Gasteiger partial charge >= 0.3 is 0 Å². The largest absolute Gasteiger partial charge is 0.495 e. The Morgan fingerprint density at radius 2 is 1.67 bits per heavy atom. The number of benzene rings is 2. The highest BCUT2D eigenvalue weighted by Crippen LogP contribution is 2.27. The first-order chi connectivity index (χ1) is 13.2. The van der Waals surface area contributed by atoms with Gasteiger partial charge in [0.2, 0.25) is 0 Å². The molecule has 27 heavy (non-hydrogen) atoms. The van der Waals surface area contributed by atoms with E-state index in [1.165, 1.54) is 0 Å². The molecule has 0 bridgehead atoms. The summed E-state index contributed by atoms with van der Waals surface area (Å²) in [5.41, 5.74) is 1.70. The summed E-state index contributed by atoms with van der Waals surface area (Å²) in [7, 11) is 1.61. The minimum Gasteiger partial charge on any atom is -0.495 e. The van der Waals surface area contributed by atoms with Gasteiger partial charge in [-0.25, -0.2) is 0 Å². The summed E-state index contributed by atoms with van der Waals surface area (Å²) in [5.74, 6) is 0.679. The number of para-hydroxylation sites is 2. The quantitative estimate of drug-likeness (QED) is 0.562. The van der Waals surface area contributed by atoms with Gasteiger partial charge in [-0.05, 0) is 30.7 Å². The SMILES string of the molecule is COc1cccc2c(=O)c3ccccc3n(CCCN(CCO)CCO)c12. The fourth-order valence-corrected chi connectivity index (χ4v) is 3.62. The normalized spacial score (nSPS) is 11.6. The maximum absolute atomic E-state index is 12.9. The number of ether oxygens (including phenoxy) is 1. The molecule has 2 aromatic carbocycles. The molecule has 144 valence electrons. The van der Waals surface area contributed by atoms with E-state index in [0.29, 0.717) is 36.2 Å². The van der Waals surface area contributed by atoms with E-state index >= 15 is 0 Å². The van der Waals surface area contributed by atoms with E-state index in [1.807, 2.05) is 47.4 Å². The summed E-state index contributed by atoms with van der Waals surface area (Å²) in [4.78, 5) is 15.0. The lowest BCUT2D eigenvalue weighted by molar-refractivity contribution is 0.158. The van der Waals surface area contributed by atoms with E-state index in [-0.39, 0.29) is 18.6 Å². The fraction of sp³-hybridized carbons (Fsp3) is 0.381. The van der Waals surface area contributed by atoms with Gasteiger partial charge in [0.15, 0.2) is 5.43 Å². The highest BCUT2D eigenvalue weighted by Gasteiger charge is 2.14. The molecule has 2 N–H and O–H groups in total. The molecule has 0 saturated carbocycles. The summed E-state index contributed by atoms with van der Waals surface area (Å²) in [5, 5.41) is 19.7. The molecule has 0 spiro atoms. The van der Waals surface area contributed by atoms with Gasteiger partial charge in [-0.15, -0.1) is 0 Å². The van der Waals surface area contributed by atoms with Crippen molar-refractivity contribution in [2.75, 3.05) is 40.0 Å². The number of pyridine rings is 1. The van der Waals surface area contributed by atoms with E-state index in [0.717, 1.165) is 24.0 Å². The fourth-order valence-electron chi connectivity index (χ4n) is 3.62. The molecule has 0 fully saturated rings. The Kier molecular flexibility index (Phi) is 6.45. The Labute approximate surface area is 158 Å². The van der Waals surface area contributed by atoms with Crippen molar-refractivity contribution >= 4 is 21.8 Å². The van der Waals surface area contributed by atoms with E-state index in [2.05, 4.69) is 4.57 Å². The number of aliphatic hydroxyl groups is 2. The number of methoxy groups -OCH3 is 1. The van der Waals surface area contributed by atoms with Crippen LogP contribution in [0.3, 0.4) is 0 Å². The third-order valence-electron chi connectivity index (χ3n) is 4.86. The van der Waals surface area contributed by atoms with Crippen LogP contribution in [0.1, 0.15) is 6.42 Å². The Bertz CT molecular complexity index is 961. The monoisotopic (exact) mass is 370 g/mol. The first-order valence-electron chi connectivity index (χ1n) is 9.23.